The van der Waals surface area contributed by atoms with Gasteiger partial charge in [0.1, 0.15) is 11.5 Å². The third-order valence-electron chi connectivity index (χ3n) is 4.76. The normalized spacial score (nSPS) is 11.5. The lowest BCUT2D eigenvalue weighted by Crippen LogP contribution is -2.30. The number of nitro benzene ring substituents is 2. The molecule has 0 aliphatic carbocycles. The average Bonchev–Trinajstić information content (AvgIpc) is 2.66. The van der Waals surface area contributed by atoms with Crippen LogP contribution in [0, 0.1) is 31.1 Å². The monoisotopic (exact) mass is 458 g/mol. The summed E-state index contributed by atoms with van der Waals surface area (Å²) in [4.78, 5) is 45.1. The summed E-state index contributed by atoms with van der Waals surface area (Å²) in [5.41, 5.74) is -1.21. The second-order valence-electron chi connectivity index (χ2n) is 9.31. The molecule has 33 heavy (non-hydrogen) atoms. The zero-order chi connectivity index (χ0) is 24.8. The van der Waals surface area contributed by atoms with Gasteiger partial charge in [0.15, 0.2) is 0 Å². The molecule has 10 nitrogen and oxygen atoms in total. The van der Waals surface area contributed by atoms with E-state index in [1.54, 1.807) is 0 Å². The molecule has 0 saturated heterocycles. The number of non-ortho nitro benzene ring substituents is 2. The van der Waals surface area contributed by atoms with Crippen LogP contribution in [0.25, 0.3) is 0 Å². The first-order valence-corrected chi connectivity index (χ1v) is 10.2. The Morgan fingerprint density at radius 1 is 0.697 bits per heavy atom. The lowest BCUT2D eigenvalue weighted by molar-refractivity contribution is -0.385. The van der Waals surface area contributed by atoms with Crippen LogP contribution in [0.2, 0.25) is 0 Å². The maximum absolute atomic E-state index is 12.4. The molecule has 0 atom stereocenters. The third kappa shape index (κ3) is 8.32. The summed E-state index contributed by atoms with van der Waals surface area (Å²) in [7, 11) is 0. The molecule has 0 bridgehead atoms. The largest absolute Gasteiger partial charge is 0.427 e. The Labute approximate surface area is 190 Å². The van der Waals surface area contributed by atoms with Crippen molar-refractivity contribution in [3.05, 3.63) is 68.8 Å². The fourth-order valence-corrected chi connectivity index (χ4v) is 3.81. The highest BCUT2D eigenvalue weighted by atomic mass is 16.6. The minimum atomic E-state index is -0.538. The highest BCUT2D eigenvalue weighted by Crippen LogP contribution is 2.39. The minimum absolute atomic E-state index is 0.0742. The van der Waals surface area contributed by atoms with Gasteiger partial charge in [0.05, 0.1) is 22.7 Å². The smallest absolute Gasteiger partial charge is 0.311 e. The molecule has 0 aliphatic rings. The van der Waals surface area contributed by atoms with Gasteiger partial charge in [-0.3, -0.25) is 29.8 Å². The maximum Gasteiger partial charge on any atom is 0.311 e. The molecule has 2 rings (SSSR count). The number of carbonyl (C=O) groups is 2. The van der Waals surface area contributed by atoms with Gasteiger partial charge in [0.25, 0.3) is 11.4 Å². The minimum Gasteiger partial charge on any atom is -0.427 e. The van der Waals surface area contributed by atoms with Gasteiger partial charge in [-0.2, -0.15) is 0 Å². The Morgan fingerprint density at radius 3 is 1.27 bits per heavy atom. The summed E-state index contributed by atoms with van der Waals surface area (Å²) >= 11 is 0. The predicted octanol–water partition coefficient (Wildman–Crippen LogP) is 5.24. The van der Waals surface area contributed by atoms with Gasteiger partial charge < -0.3 is 9.47 Å². The van der Waals surface area contributed by atoms with Crippen LogP contribution in [0.15, 0.2) is 48.5 Å². The molecular weight excluding hydrogens is 432 g/mol. The topological polar surface area (TPSA) is 139 Å². The lowest BCUT2D eigenvalue weighted by Gasteiger charge is -2.33. The van der Waals surface area contributed by atoms with E-state index in [0.29, 0.717) is 6.42 Å². The van der Waals surface area contributed by atoms with Gasteiger partial charge in [0, 0.05) is 24.3 Å². The average molecular weight is 458 g/mol. The second kappa shape index (κ2) is 10.2. The van der Waals surface area contributed by atoms with Crippen LogP contribution in [0.4, 0.5) is 11.4 Å². The molecule has 2 aromatic carbocycles. The molecule has 2 aromatic rings. The van der Waals surface area contributed by atoms with E-state index in [-0.39, 0.29) is 35.7 Å². The van der Waals surface area contributed by atoms with Crippen molar-refractivity contribution in [3.63, 3.8) is 0 Å². The summed E-state index contributed by atoms with van der Waals surface area (Å²) < 4.78 is 10.6. The zero-order valence-electron chi connectivity index (χ0n) is 18.9. The van der Waals surface area contributed by atoms with Gasteiger partial charge in [-0.05, 0) is 41.5 Å². The first-order valence-electron chi connectivity index (χ1n) is 10.2. The van der Waals surface area contributed by atoms with Crippen LogP contribution in [-0.2, 0) is 9.59 Å². The molecule has 0 aliphatic heterocycles. The highest BCUT2D eigenvalue weighted by molar-refractivity contribution is 5.74. The number of hydrogen-bond acceptors (Lipinski definition) is 8. The molecule has 0 saturated carbocycles. The summed E-state index contributed by atoms with van der Waals surface area (Å²) in [6, 6.07) is 10.5. The van der Waals surface area contributed by atoms with Crippen LogP contribution < -0.4 is 9.47 Å². The van der Waals surface area contributed by atoms with Crippen molar-refractivity contribution in [2.24, 2.45) is 10.8 Å². The van der Waals surface area contributed by atoms with E-state index in [1.807, 2.05) is 27.7 Å². The summed E-state index contributed by atoms with van der Waals surface area (Å²) in [6.45, 7) is 7.53. The molecule has 0 N–H and O–H groups in total. The van der Waals surface area contributed by atoms with E-state index in [4.69, 9.17) is 9.47 Å². The SMILES string of the molecule is CC(C)(CC(=O)Oc1ccc([N+](=O)[O-])cc1)CC(C)(C)CC(=O)Oc1ccc([N+](=O)[O-])cc1. The van der Waals surface area contributed by atoms with Gasteiger partial charge in [-0.15, -0.1) is 0 Å². The Bertz CT molecular complexity index is 944. The van der Waals surface area contributed by atoms with E-state index in [1.165, 1.54) is 48.5 Å². The first-order chi connectivity index (χ1) is 15.3. The van der Waals surface area contributed by atoms with Crippen molar-refractivity contribution < 1.29 is 28.9 Å². The number of nitrogens with zero attached hydrogens (tertiary/aromatic N) is 2. The number of ether oxygens (including phenoxy) is 2. The zero-order valence-corrected chi connectivity index (χ0v) is 18.9. The molecule has 0 spiro atoms. The van der Waals surface area contributed by atoms with Crippen LogP contribution in [0.1, 0.15) is 47.0 Å². The van der Waals surface area contributed by atoms with Crippen molar-refractivity contribution >= 4 is 23.3 Å². The van der Waals surface area contributed by atoms with Crippen LogP contribution in [0.3, 0.4) is 0 Å². The van der Waals surface area contributed by atoms with Gasteiger partial charge in [-0.1, -0.05) is 27.7 Å². The molecular formula is C23H26N2O8. The third-order valence-corrected chi connectivity index (χ3v) is 4.76. The van der Waals surface area contributed by atoms with Gasteiger partial charge >= 0.3 is 11.9 Å². The van der Waals surface area contributed by atoms with E-state index in [9.17, 15) is 29.8 Å². The van der Waals surface area contributed by atoms with Crippen LogP contribution in [0.5, 0.6) is 11.5 Å². The number of hydrogen-bond donors (Lipinski definition) is 0. The Hall–Kier alpha value is -3.82. The van der Waals surface area contributed by atoms with Crippen molar-refractivity contribution in [2.75, 3.05) is 0 Å². The Morgan fingerprint density at radius 2 is 1.00 bits per heavy atom. The number of carbonyl (C=O) groups excluding carboxylic acids is 2. The number of rotatable bonds is 10. The molecule has 0 radical (unpaired) electrons. The second-order valence-corrected chi connectivity index (χ2v) is 9.31. The number of benzene rings is 2. The maximum atomic E-state index is 12.4. The van der Waals surface area contributed by atoms with Crippen molar-refractivity contribution in [3.8, 4) is 11.5 Å². The van der Waals surface area contributed by atoms with Gasteiger partial charge in [-0.25, -0.2) is 0 Å². The molecule has 0 aromatic heterocycles. The predicted molar refractivity (Wildman–Crippen MR) is 119 cm³/mol. The van der Waals surface area contributed by atoms with Crippen molar-refractivity contribution in [2.45, 2.75) is 47.0 Å². The van der Waals surface area contributed by atoms with Crippen molar-refractivity contribution in [1.82, 2.24) is 0 Å². The summed E-state index contributed by atoms with van der Waals surface area (Å²) in [5, 5.41) is 21.4. The standard InChI is InChI=1S/C23H26N2O8/c1-22(2,13-20(26)32-18-9-5-16(6-10-18)24(28)29)15-23(3,4)14-21(27)33-19-11-7-17(8-12-19)25(30)31/h5-12H,13-15H2,1-4H3. The number of nitro groups is 2. The van der Waals surface area contributed by atoms with E-state index < -0.39 is 32.6 Å². The molecule has 0 unspecified atom stereocenters. The Balaban J connectivity index is 1.90. The fraction of sp³-hybridized carbons (Fsp3) is 0.391. The quantitative estimate of drug-likeness (QED) is 0.204. The van der Waals surface area contributed by atoms with Crippen LogP contribution in [-0.4, -0.2) is 21.8 Å². The van der Waals surface area contributed by atoms with E-state index >= 15 is 0 Å². The first kappa shape index (κ1) is 25.4. The van der Waals surface area contributed by atoms with E-state index in [0.717, 1.165) is 0 Å². The molecule has 176 valence electrons. The molecule has 10 heteroatoms. The van der Waals surface area contributed by atoms with Crippen LogP contribution >= 0.6 is 0 Å². The molecule has 0 amide bonds. The molecule has 0 heterocycles. The van der Waals surface area contributed by atoms with Crippen molar-refractivity contribution in [1.29, 1.82) is 0 Å². The fourth-order valence-electron chi connectivity index (χ4n) is 3.81. The summed E-state index contributed by atoms with van der Waals surface area (Å²) in [6.07, 6.45) is 0.653. The van der Waals surface area contributed by atoms with Gasteiger partial charge in [0.2, 0.25) is 0 Å². The number of esters is 2. The Kier molecular flexibility index (Phi) is 7.86. The summed E-state index contributed by atoms with van der Waals surface area (Å²) in [5.74, 6) is -0.545. The highest BCUT2D eigenvalue weighted by Gasteiger charge is 2.33. The van der Waals surface area contributed by atoms with E-state index in [2.05, 4.69) is 0 Å². The lowest BCUT2D eigenvalue weighted by atomic mass is 9.72. The molecule has 0 fully saturated rings.